The second kappa shape index (κ2) is 8.54. The maximum atomic E-state index is 12.1. The summed E-state index contributed by atoms with van der Waals surface area (Å²) in [6, 6.07) is 7.52. The van der Waals surface area contributed by atoms with Crippen LogP contribution < -0.4 is 5.73 Å². The van der Waals surface area contributed by atoms with Gasteiger partial charge in [-0.25, -0.2) is 12.7 Å². The number of anilines is 1. The van der Waals surface area contributed by atoms with Crippen molar-refractivity contribution in [2.24, 2.45) is 0 Å². The molecule has 0 heterocycles. The molecule has 0 unspecified atom stereocenters. The van der Waals surface area contributed by atoms with Gasteiger partial charge in [-0.3, -0.25) is 0 Å². The third-order valence-corrected chi connectivity index (χ3v) is 6.27. The van der Waals surface area contributed by atoms with E-state index in [9.17, 15) is 8.42 Å². The lowest BCUT2D eigenvalue weighted by Gasteiger charge is -2.16. The molecule has 0 radical (unpaired) electrons. The van der Waals surface area contributed by atoms with Gasteiger partial charge >= 0.3 is 0 Å². The van der Waals surface area contributed by atoms with E-state index < -0.39 is 10.0 Å². The van der Waals surface area contributed by atoms with Gasteiger partial charge in [0.05, 0.1) is 5.75 Å². The predicted molar refractivity (Wildman–Crippen MR) is 87.5 cm³/mol. The Morgan fingerprint density at radius 2 is 1.95 bits per heavy atom. The molecule has 4 nitrogen and oxygen atoms in total. The van der Waals surface area contributed by atoms with Crippen LogP contribution in [0.5, 0.6) is 0 Å². The molecular weight excluding hydrogens is 292 g/mol. The van der Waals surface area contributed by atoms with E-state index >= 15 is 0 Å². The Bertz CT molecular complexity index is 504. The first-order chi connectivity index (χ1) is 9.47. The van der Waals surface area contributed by atoms with Gasteiger partial charge in [-0.2, -0.15) is 0 Å². The van der Waals surface area contributed by atoms with E-state index in [1.54, 1.807) is 7.05 Å². The second-order valence-corrected chi connectivity index (χ2v) is 8.06. The topological polar surface area (TPSA) is 63.4 Å². The molecule has 114 valence electrons. The Kier molecular flexibility index (Phi) is 7.40. The summed E-state index contributed by atoms with van der Waals surface area (Å²) in [5, 5.41) is 0. The van der Waals surface area contributed by atoms with Crippen LogP contribution in [0.2, 0.25) is 0 Å². The SMILES string of the molecule is CCCCCN(C)S(=O)(=O)CCSc1ccccc1N. The van der Waals surface area contributed by atoms with Crippen molar-refractivity contribution in [1.82, 2.24) is 4.31 Å². The van der Waals surface area contributed by atoms with Gasteiger partial charge in [0.1, 0.15) is 0 Å². The van der Waals surface area contributed by atoms with E-state index in [-0.39, 0.29) is 5.75 Å². The molecule has 6 heteroatoms. The van der Waals surface area contributed by atoms with Crippen LogP contribution in [0.3, 0.4) is 0 Å². The van der Waals surface area contributed by atoms with Crippen molar-refractivity contribution in [1.29, 1.82) is 0 Å². The molecular formula is C14H24N2O2S2. The highest BCUT2D eigenvalue weighted by Crippen LogP contribution is 2.24. The molecule has 0 aliphatic heterocycles. The van der Waals surface area contributed by atoms with Crippen LogP contribution in [-0.2, 0) is 10.0 Å². The minimum atomic E-state index is -3.15. The lowest BCUT2D eigenvalue weighted by molar-refractivity contribution is 0.455. The van der Waals surface area contributed by atoms with Crippen LogP contribution in [0.25, 0.3) is 0 Å². The van der Waals surface area contributed by atoms with E-state index in [1.807, 2.05) is 24.3 Å². The number of thioether (sulfide) groups is 1. The molecule has 1 rings (SSSR count). The number of hydrogen-bond acceptors (Lipinski definition) is 4. The van der Waals surface area contributed by atoms with Crippen molar-refractivity contribution in [2.45, 2.75) is 31.1 Å². The number of nitrogens with zero attached hydrogens (tertiary/aromatic N) is 1. The average molecular weight is 316 g/mol. The fraction of sp³-hybridized carbons (Fsp3) is 0.571. The molecule has 0 atom stereocenters. The first-order valence-corrected chi connectivity index (χ1v) is 9.48. The number of rotatable bonds is 9. The number of unbranched alkanes of at least 4 members (excludes halogenated alkanes) is 2. The number of hydrogen-bond donors (Lipinski definition) is 1. The third kappa shape index (κ3) is 5.73. The number of nitrogen functional groups attached to an aromatic ring is 1. The number of sulfonamides is 1. The van der Waals surface area contributed by atoms with Gasteiger partial charge in [0.25, 0.3) is 0 Å². The van der Waals surface area contributed by atoms with Crippen LogP contribution in [0.15, 0.2) is 29.2 Å². The van der Waals surface area contributed by atoms with Crippen molar-refractivity contribution in [3.63, 3.8) is 0 Å². The summed E-state index contributed by atoms with van der Waals surface area (Å²) < 4.78 is 25.6. The zero-order valence-corrected chi connectivity index (χ0v) is 13.8. The van der Waals surface area contributed by atoms with Gasteiger partial charge in [0.15, 0.2) is 0 Å². The number of para-hydroxylation sites is 1. The molecule has 0 bridgehead atoms. The molecule has 20 heavy (non-hydrogen) atoms. The van der Waals surface area contributed by atoms with E-state index in [0.29, 0.717) is 18.0 Å². The second-order valence-electron chi connectivity index (χ2n) is 4.73. The Morgan fingerprint density at radius 3 is 2.60 bits per heavy atom. The van der Waals surface area contributed by atoms with Crippen molar-refractivity contribution in [3.8, 4) is 0 Å². The Labute approximate surface area is 126 Å². The lowest BCUT2D eigenvalue weighted by Crippen LogP contribution is -2.30. The summed E-state index contributed by atoms with van der Waals surface area (Å²) in [5.74, 6) is 0.670. The number of nitrogens with two attached hydrogens (primary N) is 1. The Balaban J connectivity index is 2.41. The van der Waals surface area contributed by atoms with Gasteiger partial charge in [-0.15, -0.1) is 11.8 Å². The van der Waals surface area contributed by atoms with Crippen LogP contribution in [0, 0.1) is 0 Å². The zero-order valence-electron chi connectivity index (χ0n) is 12.2. The van der Waals surface area contributed by atoms with Gasteiger partial charge in [0.2, 0.25) is 10.0 Å². The monoisotopic (exact) mass is 316 g/mol. The fourth-order valence-corrected chi connectivity index (χ4v) is 4.27. The summed E-state index contributed by atoms with van der Waals surface area (Å²) >= 11 is 1.49. The molecule has 0 fully saturated rings. The Hall–Kier alpha value is -0.720. The quantitative estimate of drug-likeness (QED) is 0.432. The maximum absolute atomic E-state index is 12.1. The van der Waals surface area contributed by atoms with Crippen LogP contribution in [-0.4, -0.2) is 37.8 Å². The molecule has 0 saturated carbocycles. The summed E-state index contributed by atoms with van der Waals surface area (Å²) in [4.78, 5) is 0.941. The highest BCUT2D eigenvalue weighted by molar-refractivity contribution is 8.00. The van der Waals surface area contributed by atoms with Crippen LogP contribution in [0.1, 0.15) is 26.2 Å². The standard InChI is InChI=1S/C14H24N2O2S2/c1-3-4-7-10-16(2)20(17,18)12-11-19-14-9-6-5-8-13(14)15/h5-6,8-9H,3-4,7,10-12,15H2,1-2H3. The van der Waals surface area contributed by atoms with Crippen molar-refractivity contribution in [3.05, 3.63) is 24.3 Å². The minimum Gasteiger partial charge on any atom is -0.398 e. The van der Waals surface area contributed by atoms with Crippen LogP contribution in [0.4, 0.5) is 5.69 Å². The Morgan fingerprint density at radius 1 is 1.25 bits per heavy atom. The molecule has 0 aliphatic rings. The largest absolute Gasteiger partial charge is 0.398 e. The first kappa shape index (κ1) is 17.3. The van der Waals surface area contributed by atoms with Gasteiger partial charge in [-0.05, 0) is 18.6 Å². The predicted octanol–water partition coefficient (Wildman–Crippen LogP) is 2.81. The molecule has 1 aromatic rings. The molecule has 0 amide bonds. The summed E-state index contributed by atoms with van der Waals surface area (Å²) in [6.45, 7) is 2.71. The van der Waals surface area contributed by atoms with Gasteiger partial charge in [0, 0.05) is 29.9 Å². The molecule has 0 aromatic heterocycles. The van der Waals surface area contributed by atoms with E-state index in [1.165, 1.54) is 16.1 Å². The van der Waals surface area contributed by atoms with Crippen LogP contribution >= 0.6 is 11.8 Å². The highest BCUT2D eigenvalue weighted by atomic mass is 32.2. The van der Waals surface area contributed by atoms with Gasteiger partial charge in [-0.1, -0.05) is 31.9 Å². The van der Waals surface area contributed by atoms with E-state index in [0.717, 1.165) is 24.2 Å². The van der Waals surface area contributed by atoms with E-state index in [2.05, 4.69) is 6.92 Å². The molecule has 0 spiro atoms. The normalized spacial score (nSPS) is 11.9. The third-order valence-electron chi connectivity index (χ3n) is 3.07. The summed E-state index contributed by atoms with van der Waals surface area (Å²) in [7, 11) is -1.49. The fourth-order valence-electron chi connectivity index (χ4n) is 1.75. The average Bonchev–Trinajstić information content (AvgIpc) is 2.41. The highest BCUT2D eigenvalue weighted by Gasteiger charge is 2.17. The first-order valence-electron chi connectivity index (χ1n) is 6.88. The van der Waals surface area contributed by atoms with E-state index in [4.69, 9.17) is 5.73 Å². The minimum absolute atomic E-state index is 0.147. The number of benzene rings is 1. The summed E-state index contributed by atoms with van der Waals surface area (Å²) in [5.41, 5.74) is 6.53. The molecule has 2 N–H and O–H groups in total. The smallest absolute Gasteiger partial charge is 0.214 e. The molecule has 0 aliphatic carbocycles. The molecule has 0 saturated heterocycles. The van der Waals surface area contributed by atoms with Crippen molar-refractivity contribution >= 4 is 27.5 Å². The van der Waals surface area contributed by atoms with Crippen molar-refractivity contribution < 1.29 is 8.42 Å². The molecule has 1 aromatic carbocycles. The van der Waals surface area contributed by atoms with Gasteiger partial charge < -0.3 is 5.73 Å². The maximum Gasteiger partial charge on any atom is 0.214 e. The summed E-state index contributed by atoms with van der Waals surface area (Å²) in [6.07, 6.45) is 3.08. The lowest BCUT2D eigenvalue weighted by atomic mass is 10.2. The van der Waals surface area contributed by atoms with Crippen molar-refractivity contribution in [2.75, 3.05) is 30.8 Å². The zero-order chi connectivity index (χ0) is 15.0.